The molecule has 1 aromatic heterocycles. The van der Waals surface area contributed by atoms with Crippen molar-refractivity contribution in [2.45, 2.75) is 13.0 Å². The molecule has 4 nitrogen and oxygen atoms in total. The zero-order valence-corrected chi connectivity index (χ0v) is 10.6. The second-order valence-corrected chi connectivity index (χ2v) is 4.15. The Morgan fingerprint density at radius 3 is 2.74 bits per heavy atom. The standard InChI is InChI=1S/C14H14FNO3/c1-19-9-7-16-13(18)5-3-10-2-4-12(15)11(6-8-17)14(10)16/h2-5,8H,6-7,9H2,1H3. The lowest BCUT2D eigenvalue weighted by Gasteiger charge is -2.13. The normalized spacial score (nSPS) is 10.8. The summed E-state index contributed by atoms with van der Waals surface area (Å²) < 4.78 is 20.2. The highest BCUT2D eigenvalue weighted by atomic mass is 19.1. The van der Waals surface area contributed by atoms with E-state index in [1.54, 1.807) is 12.1 Å². The van der Waals surface area contributed by atoms with E-state index in [-0.39, 0.29) is 17.5 Å². The fourth-order valence-corrected chi connectivity index (χ4v) is 2.13. The van der Waals surface area contributed by atoms with Crippen LogP contribution in [0.15, 0.2) is 29.1 Å². The van der Waals surface area contributed by atoms with Gasteiger partial charge in [0.2, 0.25) is 0 Å². The molecule has 0 saturated carbocycles. The number of methoxy groups -OCH3 is 1. The summed E-state index contributed by atoms with van der Waals surface area (Å²) >= 11 is 0. The van der Waals surface area contributed by atoms with Gasteiger partial charge in [-0.15, -0.1) is 0 Å². The average Bonchev–Trinajstić information content (AvgIpc) is 2.41. The second-order valence-electron chi connectivity index (χ2n) is 4.15. The molecule has 2 rings (SSSR count). The van der Waals surface area contributed by atoms with E-state index >= 15 is 0 Å². The number of benzene rings is 1. The third-order valence-electron chi connectivity index (χ3n) is 3.00. The third kappa shape index (κ3) is 2.56. The number of hydrogen-bond acceptors (Lipinski definition) is 3. The number of ether oxygens (including phenoxy) is 1. The number of rotatable bonds is 5. The average molecular weight is 263 g/mol. The Labute approximate surface area is 109 Å². The largest absolute Gasteiger partial charge is 0.383 e. The first-order chi connectivity index (χ1) is 9.19. The molecule has 19 heavy (non-hydrogen) atoms. The zero-order chi connectivity index (χ0) is 13.8. The number of carbonyl (C=O) groups excluding carboxylic acids is 1. The van der Waals surface area contributed by atoms with E-state index < -0.39 is 5.82 Å². The Bertz CT molecular complexity index is 664. The molecule has 0 aliphatic rings. The van der Waals surface area contributed by atoms with Gasteiger partial charge < -0.3 is 14.1 Å². The molecule has 5 heteroatoms. The van der Waals surface area contributed by atoms with E-state index in [0.29, 0.717) is 25.0 Å². The molecule has 0 spiro atoms. The molecule has 0 amide bonds. The van der Waals surface area contributed by atoms with Crippen LogP contribution in [0.2, 0.25) is 0 Å². The number of hydrogen-bond donors (Lipinski definition) is 0. The molecule has 0 bridgehead atoms. The van der Waals surface area contributed by atoms with E-state index in [1.165, 1.54) is 23.8 Å². The van der Waals surface area contributed by atoms with Crippen molar-refractivity contribution >= 4 is 17.2 Å². The fourth-order valence-electron chi connectivity index (χ4n) is 2.13. The summed E-state index contributed by atoms with van der Waals surface area (Å²) in [5, 5.41) is 0.731. The maximum Gasteiger partial charge on any atom is 0.251 e. The predicted octanol–water partition coefficient (Wildman–Crippen LogP) is 1.53. The van der Waals surface area contributed by atoms with Crippen molar-refractivity contribution in [3.8, 4) is 0 Å². The molecule has 0 fully saturated rings. The van der Waals surface area contributed by atoms with Crippen LogP contribution >= 0.6 is 0 Å². The Balaban J connectivity index is 2.75. The topological polar surface area (TPSA) is 48.3 Å². The monoisotopic (exact) mass is 263 g/mol. The van der Waals surface area contributed by atoms with E-state index in [1.807, 2.05) is 0 Å². The van der Waals surface area contributed by atoms with E-state index in [4.69, 9.17) is 4.74 Å². The van der Waals surface area contributed by atoms with Gasteiger partial charge in [0.25, 0.3) is 5.56 Å². The third-order valence-corrected chi connectivity index (χ3v) is 3.00. The fraction of sp³-hybridized carbons (Fsp3) is 0.286. The van der Waals surface area contributed by atoms with Crippen LogP contribution in [0.3, 0.4) is 0 Å². The highest BCUT2D eigenvalue weighted by molar-refractivity contribution is 5.84. The first-order valence-electron chi connectivity index (χ1n) is 5.92. The number of nitrogens with zero attached hydrogens (tertiary/aromatic N) is 1. The molecule has 0 aliphatic carbocycles. The van der Waals surface area contributed by atoms with Crippen molar-refractivity contribution < 1.29 is 13.9 Å². The molecular weight excluding hydrogens is 249 g/mol. The minimum atomic E-state index is -0.476. The van der Waals surface area contributed by atoms with Gasteiger partial charge in [0.1, 0.15) is 12.1 Å². The molecule has 2 aromatic rings. The maximum atomic E-state index is 13.8. The molecule has 0 radical (unpaired) electrons. The van der Waals surface area contributed by atoms with Crippen LogP contribution in [-0.2, 0) is 22.5 Å². The summed E-state index contributed by atoms with van der Waals surface area (Å²) in [7, 11) is 1.53. The lowest BCUT2D eigenvalue weighted by molar-refractivity contribution is -0.107. The van der Waals surface area contributed by atoms with Crippen LogP contribution in [-0.4, -0.2) is 24.6 Å². The quantitative estimate of drug-likeness (QED) is 0.769. The number of pyridine rings is 1. The summed E-state index contributed by atoms with van der Waals surface area (Å²) in [6, 6.07) is 5.98. The molecule has 0 unspecified atom stereocenters. The molecular formula is C14H14FNO3. The summed E-state index contributed by atoms with van der Waals surface area (Å²) in [4.78, 5) is 22.6. The highest BCUT2D eigenvalue weighted by Gasteiger charge is 2.12. The Morgan fingerprint density at radius 1 is 1.32 bits per heavy atom. The molecule has 0 aliphatic heterocycles. The molecule has 1 aromatic carbocycles. The first-order valence-corrected chi connectivity index (χ1v) is 5.92. The number of carbonyl (C=O) groups is 1. The van der Waals surface area contributed by atoms with Gasteiger partial charge in [0, 0.05) is 31.7 Å². The van der Waals surface area contributed by atoms with Crippen LogP contribution in [0.1, 0.15) is 5.56 Å². The van der Waals surface area contributed by atoms with Gasteiger partial charge in [-0.1, -0.05) is 0 Å². The van der Waals surface area contributed by atoms with Crippen LogP contribution in [0.4, 0.5) is 4.39 Å². The molecule has 0 N–H and O–H groups in total. The lowest BCUT2D eigenvalue weighted by Crippen LogP contribution is -2.22. The van der Waals surface area contributed by atoms with E-state index in [9.17, 15) is 14.0 Å². The number of fused-ring (bicyclic) bond motifs is 1. The van der Waals surface area contributed by atoms with Crippen molar-refractivity contribution in [3.63, 3.8) is 0 Å². The molecule has 0 atom stereocenters. The number of aromatic nitrogens is 1. The van der Waals surface area contributed by atoms with Crippen LogP contribution in [0, 0.1) is 5.82 Å². The van der Waals surface area contributed by atoms with Gasteiger partial charge >= 0.3 is 0 Å². The highest BCUT2D eigenvalue weighted by Crippen LogP contribution is 2.20. The Kier molecular flexibility index (Phi) is 4.06. The van der Waals surface area contributed by atoms with Crippen LogP contribution in [0.5, 0.6) is 0 Å². The van der Waals surface area contributed by atoms with Crippen LogP contribution < -0.4 is 5.56 Å². The van der Waals surface area contributed by atoms with Crippen molar-refractivity contribution in [1.82, 2.24) is 4.57 Å². The molecule has 1 heterocycles. The van der Waals surface area contributed by atoms with Crippen molar-refractivity contribution in [2.24, 2.45) is 0 Å². The van der Waals surface area contributed by atoms with Gasteiger partial charge in [-0.05, 0) is 23.6 Å². The summed E-state index contributed by atoms with van der Waals surface area (Å²) in [5.74, 6) is -0.476. The van der Waals surface area contributed by atoms with Crippen molar-refractivity contribution in [2.75, 3.05) is 13.7 Å². The Morgan fingerprint density at radius 2 is 2.05 bits per heavy atom. The van der Waals surface area contributed by atoms with Crippen molar-refractivity contribution in [1.29, 1.82) is 0 Å². The van der Waals surface area contributed by atoms with E-state index in [2.05, 4.69) is 0 Å². The summed E-state index contributed by atoms with van der Waals surface area (Å²) in [5.41, 5.74) is 0.486. The van der Waals surface area contributed by atoms with Gasteiger partial charge in [-0.2, -0.15) is 0 Å². The number of halogens is 1. The molecule has 100 valence electrons. The lowest BCUT2D eigenvalue weighted by atomic mass is 10.1. The van der Waals surface area contributed by atoms with Gasteiger partial charge in [0.05, 0.1) is 12.1 Å². The zero-order valence-electron chi connectivity index (χ0n) is 10.6. The smallest absolute Gasteiger partial charge is 0.251 e. The summed E-state index contributed by atoms with van der Waals surface area (Å²) in [6.07, 6.45) is 0.579. The van der Waals surface area contributed by atoms with Crippen molar-refractivity contribution in [3.05, 3.63) is 46.0 Å². The number of aldehydes is 1. The van der Waals surface area contributed by atoms with Crippen LogP contribution in [0.25, 0.3) is 10.9 Å². The molecule has 0 saturated heterocycles. The Hall–Kier alpha value is -2.01. The predicted molar refractivity (Wildman–Crippen MR) is 69.8 cm³/mol. The van der Waals surface area contributed by atoms with Gasteiger partial charge in [-0.25, -0.2) is 4.39 Å². The van der Waals surface area contributed by atoms with Gasteiger partial charge in [0.15, 0.2) is 0 Å². The first kappa shape index (κ1) is 13.4. The van der Waals surface area contributed by atoms with Gasteiger partial charge in [-0.3, -0.25) is 4.79 Å². The SMILES string of the molecule is COCCn1c(=O)ccc2ccc(F)c(CC=O)c21. The second kappa shape index (κ2) is 5.75. The minimum absolute atomic E-state index is 0.0559. The van der Waals surface area contributed by atoms with E-state index in [0.717, 1.165) is 5.39 Å². The minimum Gasteiger partial charge on any atom is -0.383 e. The summed E-state index contributed by atoms with van der Waals surface area (Å²) in [6.45, 7) is 0.665. The maximum absolute atomic E-state index is 13.8.